The molecule has 4 nitrogen and oxygen atoms in total. The fraction of sp³-hybridized carbons (Fsp3) is 0.364. The van der Waals surface area contributed by atoms with Crippen LogP contribution < -0.4 is 4.72 Å². The average molecular weight is 241 g/mol. The molecule has 0 fully saturated rings. The molecule has 0 aromatic heterocycles. The molecule has 1 aromatic carbocycles. The van der Waals surface area contributed by atoms with Crippen LogP contribution in [0.4, 0.5) is 5.69 Å². The van der Waals surface area contributed by atoms with E-state index in [0.29, 0.717) is 17.5 Å². The molecule has 0 saturated carbocycles. The second-order valence-corrected chi connectivity index (χ2v) is 5.79. The standard InChI is InChI=1S/C11H15NO3S/c1-9(2)8-16(14,15)12-11-5-3-4-10(6-11)7-13/h3-7,9,12H,8H2,1-2H3. The molecular weight excluding hydrogens is 226 g/mol. The Morgan fingerprint density at radius 1 is 1.38 bits per heavy atom. The molecule has 0 aliphatic carbocycles. The molecule has 0 aliphatic rings. The van der Waals surface area contributed by atoms with Gasteiger partial charge in [0.1, 0.15) is 6.29 Å². The van der Waals surface area contributed by atoms with Crippen LogP contribution in [0.3, 0.4) is 0 Å². The molecule has 0 saturated heterocycles. The van der Waals surface area contributed by atoms with E-state index in [2.05, 4.69) is 4.72 Å². The molecule has 0 atom stereocenters. The van der Waals surface area contributed by atoms with E-state index in [0.717, 1.165) is 0 Å². The van der Waals surface area contributed by atoms with E-state index in [1.807, 2.05) is 13.8 Å². The highest BCUT2D eigenvalue weighted by Gasteiger charge is 2.12. The third kappa shape index (κ3) is 4.02. The van der Waals surface area contributed by atoms with Gasteiger partial charge in [-0.15, -0.1) is 0 Å². The van der Waals surface area contributed by atoms with Crippen LogP contribution in [0.15, 0.2) is 24.3 Å². The molecule has 0 unspecified atom stereocenters. The highest BCUT2D eigenvalue weighted by atomic mass is 32.2. The van der Waals surface area contributed by atoms with E-state index in [1.165, 1.54) is 6.07 Å². The fourth-order valence-electron chi connectivity index (χ4n) is 1.34. The first-order valence-electron chi connectivity index (χ1n) is 4.98. The van der Waals surface area contributed by atoms with Crippen molar-refractivity contribution in [1.82, 2.24) is 0 Å². The Kier molecular flexibility index (Phi) is 4.06. The van der Waals surface area contributed by atoms with Crippen molar-refractivity contribution in [3.8, 4) is 0 Å². The topological polar surface area (TPSA) is 63.2 Å². The first-order valence-corrected chi connectivity index (χ1v) is 6.64. The SMILES string of the molecule is CC(C)CS(=O)(=O)Nc1cccc(C=O)c1. The number of hydrogen-bond donors (Lipinski definition) is 1. The van der Waals surface area contributed by atoms with E-state index in [-0.39, 0.29) is 11.7 Å². The number of benzene rings is 1. The van der Waals surface area contributed by atoms with E-state index < -0.39 is 10.0 Å². The first-order chi connectivity index (χ1) is 7.43. The van der Waals surface area contributed by atoms with Gasteiger partial charge in [0, 0.05) is 11.3 Å². The number of aldehydes is 1. The van der Waals surface area contributed by atoms with Crippen LogP contribution in [0.1, 0.15) is 24.2 Å². The Balaban J connectivity index is 2.83. The summed E-state index contributed by atoms with van der Waals surface area (Å²) >= 11 is 0. The lowest BCUT2D eigenvalue weighted by Crippen LogP contribution is -2.20. The van der Waals surface area contributed by atoms with Crippen molar-refractivity contribution in [2.24, 2.45) is 5.92 Å². The molecule has 0 heterocycles. The normalized spacial score (nSPS) is 11.4. The van der Waals surface area contributed by atoms with E-state index in [4.69, 9.17) is 0 Å². The summed E-state index contributed by atoms with van der Waals surface area (Å²) in [6.45, 7) is 3.67. The van der Waals surface area contributed by atoms with E-state index in [9.17, 15) is 13.2 Å². The molecule has 0 spiro atoms. The summed E-state index contributed by atoms with van der Waals surface area (Å²) in [6, 6.07) is 6.37. The van der Waals surface area contributed by atoms with Crippen molar-refractivity contribution in [2.45, 2.75) is 13.8 Å². The van der Waals surface area contributed by atoms with Gasteiger partial charge in [-0.3, -0.25) is 9.52 Å². The molecule has 0 amide bonds. The summed E-state index contributed by atoms with van der Waals surface area (Å²) in [5.74, 6) is 0.130. The van der Waals surface area contributed by atoms with E-state index >= 15 is 0 Å². The average Bonchev–Trinajstić information content (AvgIpc) is 2.15. The molecule has 1 aromatic rings. The van der Waals surface area contributed by atoms with Gasteiger partial charge in [0.25, 0.3) is 0 Å². The van der Waals surface area contributed by atoms with Crippen LogP contribution in [-0.2, 0) is 10.0 Å². The highest BCUT2D eigenvalue weighted by Crippen LogP contribution is 2.12. The van der Waals surface area contributed by atoms with Crippen LogP contribution in [0.2, 0.25) is 0 Å². The number of rotatable bonds is 5. The van der Waals surface area contributed by atoms with Crippen molar-refractivity contribution in [3.05, 3.63) is 29.8 Å². The van der Waals surface area contributed by atoms with Crippen molar-refractivity contribution >= 4 is 22.0 Å². The van der Waals surface area contributed by atoms with Crippen molar-refractivity contribution < 1.29 is 13.2 Å². The largest absolute Gasteiger partial charge is 0.298 e. The predicted octanol–water partition coefficient (Wildman–Crippen LogP) is 1.90. The molecular formula is C11H15NO3S. The fourth-order valence-corrected chi connectivity index (χ4v) is 2.78. The third-order valence-electron chi connectivity index (χ3n) is 1.85. The van der Waals surface area contributed by atoms with Crippen molar-refractivity contribution in [1.29, 1.82) is 0 Å². The highest BCUT2D eigenvalue weighted by molar-refractivity contribution is 7.92. The van der Waals surface area contributed by atoms with Crippen LogP contribution >= 0.6 is 0 Å². The zero-order chi connectivity index (χ0) is 12.2. The van der Waals surface area contributed by atoms with Gasteiger partial charge in [0.2, 0.25) is 10.0 Å². The number of carbonyl (C=O) groups is 1. The minimum Gasteiger partial charge on any atom is -0.298 e. The molecule has 5 heteroatoms. The number of sulfonamides is 1. The Bertz CT molecular complexity index is 466. The minimum atomic E-state index is -3.32. The maximum atomic E-state index is 11.6. The summed E-state index contributed by atoms with van der Waals surface area (Å²) in [5.41, 5.74) is 0.870. The van der Waals surface area contributed by atoms with E-state index in [1.54, 1.807) is 18.2 Å². The number of nitrogens with one attached hydrogen (secondary N) is 1. The van der Waals surface area contributed by atoms with Gasteiger partial charge in [-0.25, -0.2) is 8.42 Å². The molecule has 16 heavy (non-hydrogen) atoms. The molecule has 0 bridgehead atoms. The predicted molar refractivity (Wildman–Crippen MR) is 64.1 cm³/mol. The zero-order valence-corrected chi connectivity index (χ0v) is 10.1. The maximum absolute atomic E-state index is 11.6. The lowest BCUT2D eigenvalue weighted by Gasteiger charge is -2.09. The molecule has 0 aliphatic heterocycles. The van der Waals surface area contributed by atoms with Gasteiger partial charge in [0.05, 0.1) is 5.75 Å². The smallest absolute Gasteiger partial charge is 0.232 e. The Morgan fingerprint density at radius 2 is 2.06 bits per heavy atom. The number of anilines is 1. The van der Waals surface area contributed by atoms with Crippen molar-refractivity contribution in [2.75, 3.05) is 10.5 Å². The zero-order valence-electron chi connectivity index (χ0n) is 9.30. The molecule has 88 valence electrons. The summed E-state index contributed by atoms with van der Waals surface area (Å²) in [6.07, 6.45) is 0.681. The summed E-state index contributed by atoms with van der Waals surface area (Å²) in [4.78, 5) is 10.5. The first kappa shape index (κ1) is 12.7. The molecule has 1 N–H and O–H groups in total. The summed E-state index contributed by atoms with van der Waals surface area (Å²) in [5, 5.41) is 0. The molecule has 1 rings (SSSR count). The van der Waals surface area contributed by atoms with Crippen LogP contribution in [-0.4, -0.2) is 20.5 Å². The van der Waals surface area contributed by atoms with Gasteiger partial charge < -0.3 is 0 Å². The van der Waals surface area contributed by atoms with Gasteiger partial charge in [0.15, 0.2) is 0 Å². The third-order valence-corrected chi connectivity index (χ3v) is 3.50. The van der Waals surface area contributed by atoms with Gasteiger partial charge in [-0.2, -0.15) is 0 Å². The second-order valence-electron chi connectivity index (χ2n) is 4.02. The Labute approximate surface area is 95.7 Å². The van der Waals surface area contributed by atoms with Crippen molar-refractivity contribution in [3.63, 3.8) is 0 Å². The maximum Gasteiger partial charge on any atom is 0.232 e. The van der Waals surface area contributed by atoms with Crippen LogP contribution in [0, 0.1) is 5.92 Å². The van der Waals surface area contributed by atoms with Gasteiger partial charge in [-0.1, -0.05) is 26.0 Å². The van der Waals surface area contributed by atoms with Gasteiger partial charge in [-0.05, 0) is 18.1 Å². The summed E-state index contributed by atoms with van der Waals surface area (Å²) in [7, 11) is -3.32. The Hall–Kier alpha value is -1.36. The monoisotopic (exact) mass is 241 g/mol. The number of hydrogen-bond acceptors (Lipinski definition) is 3. The minimum absolute atomic E-state index is 0.0618. The second kappa shape index (κ2) is 5.12. The number of carbonyl (C=O) groups excluding carboxylic acids is 1. The van der Waals surface area contributed by atoms with Crippen LogP contribution in [0.25, 0.3) is 0 Å². The van der Waals surface area contributed by atoms with Gasteiger partial charge >= 0.3 is 0 Å². The molecule has 0 radical (unpaired) electrons. The Morgan fingerprint density at radius 3 is 2.62 bits per heavy atom. The quantitative estimate of drug-likeness (QED) is 0.801. The van der Waals surface area contributed by atoms with Crippen LogP contribution in [0.5, 0.6) is 0 Å². The lowest BCUT2D eigenvalue weighted by molar-refractivity contribution is 0.112. The lowest BCUT2D eigenvalue weighted by atomic mass is 10.2. The summed E-state index contributed by atoms with van der Waals surface area (Å²) < 4.78 is 25.7.